The van der Waals surface area contributed by atoms with Gasteiger partial charge in [0.25, 0.3) is 0 Å². The summed E-state index contributed by atoms with van der Waals surface area (Å²) < 4.78 is 11.4. The van der Waals surface area contributed by atoms with Crippen LogP contribution in [0.1, 0.15) is 43.9 Å². The third-order valence-electron chi connectivity index (χ3n) is 3.91. The lowest BCUT2D eigenvalue weighted by Gasteiger charge is -2.17. The predicted octanol–water partition coefficient (Wildman–Crippen LogP) is 4.71. The first-order valence-electron chi connectivity index (χ1n) is 8.20. The molecule has 0 saturated carbocycles. The zero-order valence-electron chi connectivity index (χ0n) is 14.3. The number of ether oxygens (including phenoxy) is 2. The molecule has 2 rings (SSSR count). The van der Waals surface area contributed by atoms with E-state index in [9.17, 15) is 0 Å². The van der Waals surface area contributed by atoms with E-state index in [1.807, 2.05) is 48.5 Å². The first-order valence-corrected chi connectivity index (χ1v) is 8.20. The standard InChI is InChI=1S/C20H27NO2/c1-15(2)9-11-18(21)17-10-12-19(22-3)20(13-17)23-14-16-7-5-4-6-8-16/h4-8,10,12-13,15,18H,9,11,14,21H2,1-3H3/t18-/m0/s1. The molecule has 23 heavy (non-hydrogen) atoms. The van der Waals surface area contributed by atoms with E-state index in [4.69, 9.17) is 15.2 Å². The van der Waals surface area contributed by atoms with Gasteiger partial charge in [0.05, 0.1) is 7.11 Å². The van der Waals surface area contributed by atoms with Crippen LogP contribution in [0.4, 0.5) is 0 Å². The summed E-state index contributed by atoms with van der Waals surface area (Å²) in [5, 5.41) is 0. The summed E-state index contributed by atoms with van der Waals surface area (Å²) in [6, 6.07) is 16.1. The molecule has 3 nitrogen and oxygen atoms in total. The van der Waals surface area contributed by atoms with Crippen molar-refractivity contribution in [3.8, 4) is 11.5 Å². The Morgan fingerprint density at radius 2 is 1.70 bits per heavy atom. The van der Waals surface area contributed by atoms with Gasteiger partial charge in [-0.25, -0.2) is 0 Å². The molecule has 0 radical (unpaired) electrons. The molecule has 0 spiro atoms. The molecule has 124 valence electrons. The van der Waals surface area contributed by atoms with Gasteiger partial charge in [-0.15, -0.1) is 0 Å². The van der Waals surface area contributed by atoms with Crippen molar-refractivity contribution in [1.29, 1.82) is 0 Å². The van der Waals surface area contributed by atoms with Crippen molar-refractivity contribution in [3.05, 3.63) is 59.7 Å². The van der Waals surface area contributed by atoms with Crippen molar-refractivity contribution in [1.82, 2.24) is 0 Å². The highest BCUT2D eigenvalue weighted by Gasteiger charge is 2.12. The molecule has 3 heteroatoms. The number of rotatable bonds is 8. The normalized spacial score (nSPS) is 12.2. The van der Waals surface area contributed by atoms with E-state index < -0.39 is 0 Å². The maximum Gasteiger partial charge on any atom is 0.161 e. The highest BCUT2D eigenvalue weighted by molar-refractivity contribution is 5.44. The Morgan fingerprint density at radius 1 is 0.957 bits per heavy atom. The molecule has 0 aliphatic heterocycles. The van der Waals surface area contributed by atoms with Crippen LogP contribution in [-0.2, 0) is 6.61 Å². The number of hydrogen-bond donors (Lipinski definition) is 1. The summed E-state index contributed by atoms with van der Waals surface area (Å²) in [6.07, 6.45) is 2.09. The number of nitrogens with two attached hydrogens (primary N) is 1. The van der Waals surface area contributed by atoms with Gasteiger partial charge in [-0.3, -0.25) is 0 Å². The molecule has 2 aromatic rings. The second kappa shape index (κ2) is 8.59. The van der Waals surface area contributed by atoms with Crippen LogP contribution < -0.4 is 15.2 Å². The van der Waals surface area contributed by atoms with Crippen LogP contribution in [0, 0.1) is 5.92 Å². The van der Waals surface area contributed by atoms with E-state index in [0.717, 1.165) is 35.5 Å². The van der Waals surface area contributed by atoms with Crippen molar-refractivity contribution < 1.29 is 9.47 Å². The Kier molecular flexibility index (Phi) is 6.48. The monoisotopic (exact) mass is 313 g/mol. The van der Waals surface area contributed by atoms with Crippen LogP contribution in [0.25, 0.3) is 0 Å². The zero-order chi connectivity index (χ0) is 16.7. The molecule has 0 fully saturated rings. The van der Waals surface area contributed by atoms with Crippen molar-refractivity contribution in [3.63, 3.8) is 0 Å². The highest BCUT2D eigenvalue weighted by atomic mass is 16.5. The SMILES string of the molecule is COc1ccc([C@@H](N)CCC(C)C)cc1OCc1ccccc1. The number of benzene rings is 2. The molecule has 0 saturated heterocycles. The van der Waals surface area contributed by atoms with Crippen molar-refractivity contribution in [2.45, 2.75) is 39.3 Å². The molecular weight excluding hydrogens is 286 g/mol. The maximum atomic E-state index is 6.31. The minimum Gasteiger partial charge on any atom is -0.493 e. The predicted molar refractivity (Wildman–Crippen MR) is 94.8 cm³/mol. The third kappa shape index (κ3) is 5.29. The van der Waals surface area contributed by atoms with E-state index in [0.29, 0.717) is 12.5 Å². The van der Waals surface area contributed by atoms with Crippen LogP contribution >= 0.6 is 0 Å². The van der Waals surface area contributed by atoms with Crippen molar-refractivity contribution >= 4 is 0 Å². The first kappa shape index (κ1) is 17.4. The summed E-state index contributed by atoms with van der Waals surface area (Å²) in [6.45, 7) is 4.95. The first-order chi connectivity index (χ1) is 11.1. The van der Waals surface area contributed by atoms with E-state index in [1.165, 1.54) is 0 Å². The van der Waals surface area contributed by atoms with E-state index in [-0.39, 0.29) is 6.04 Å². The van der Waals surface area contributed by atoms with E-state index >= 15 is 0 Å². The fourth-order valence-electron chi connectivity index (χ4n) is 2.45. The molecule has 2 aromatic carbocycles. The molecule has 0 bridgehead atoms. The number of methoxy groups -OCH3 is 1. The van der Waals surface area contributed by atoms with Gasteiger partial charge in [0, 0.05) is 6.04 Å². The number of hydrogen-bond acceptors (Lipinski definition) is 3. The summed E-state index contributed by atoms with van der Waals surface area (Å²) in [7, 11) is 1.66. The lowest BCUT2D eigenvalue weighted by atomic mass is 9.98. The summed E-state index contributed by atoms with van der Waals surface area (Å²) in [4.78, 5) is 0. The van der Waals surface area contributed by atoms with Crippen LogP contribution in [0.2, 0.25) is 0 Å². The molecule has 0 heterocycles. The van der Waals surface area contributed by atoms with Crippen LogP contribution in [0.5, 0.6) is 11.5 Å². The van der Waals surface area contributed by atoms with Crippen molar-refractivity contribution in [2.24, 2.45) is 11.7 Å². The Balaban J connectivity index is 2.08. The third-order valence-corrected chi connectivity index (χ3v) is 3.91. The molecule has 0 unspecified atom stereocenters. The summed E-state index contributed by atoms with van der Waals surface area (Å²) in [5.74, 6) is 2.14. The minimum atomic E-state index is 0.0300. The Morgan fingerprint density at radius 3 is 2.35 bits per heavy atom. The Labute approximate surface area is 139 Å². The van der Waals surface area contributed by atoms with E-state index in [1.54, 1.807) is 7.11 Å². The topological polar surface area (TPSA) is 44.5 Å². The zero-order valence-corrected chi connectivity index (χ0v) is 14.3. The van der Waals surface area contributed by atoms with Gasteiger partial charge >= 0.3 is 0 Å². The van der Waals surface area contributed by atoms with Gasteiger partial charge in [-0.05, 0) is 42.0 Å². The van der Waals surface area contributed by atoms with Gasteiger partial charge in [-0.2, -0.15) is 0 Å². The maximum absolute atomic E-state index is 6.31. The van der Waals surface area contributed by atoms with Crippen LogP contribution in [0.15, 0.2) is 48.5 Å². The van der Waals surface area contributed by atoms with Gasteiger partial charge < -0.3 is 15.2 Å². The van der Waals surface area contributed by atoms with Crippen molar-refractivity contribution in [2.75, 3.05) is 7.11 Å². The van der Waals surface area contributed by atoms with Crippen LogP contribution in [0.3, 0.4) is 0 Å². The average Bonchev–Trinajstić information content (AvgIpc) is 2.58. The second-order valence-electron chi connectivity index (χ2n) is 6.26. The van der Waals surface area contributed by atoms with E-state index in [2.05, 4.69) is 13.8 Å². The van der Waals surface area contributed by atoms with Crippen LogP contribution in [-0.4, -0.2) is 7.11 Å². The quantitative estimate of drug-likeness (QED) is 0.767. The highest BCUT2D eigenvalue weighted by Crippen LogP contribution is 2.31. The van der Waals surface area contributed by atoms with Gasteiger partial charge in [0.2, 0.25) is 0 Å². The van der Waals surface area contributed by atoms with Gasteiger partial charge in [0.1, 0.15) is 6.61 Å². The molecule has 2 N–H and O–H groups in total. The molecule has 0 aliphatic rings. The fourth-order valence-corrected chi connectivity index (χ4v) is 2.45. The Bertz CT molecular complexity index is 596. The fraction of sp³-hybridized carbons (Fsp3) is 0.400. The molecule has 0 amide bonds. The largest absolute Gasteiger partial charge is 0.493 e. The summed E-state index contributed by atoms with van der Waals surface area (Å²) in [5.41, 5.74) is 8.54. The van der Waals surface area contributed by atoms with Gasteiger partial charge in [-0.1, -0.05) is 50.2 Å². The Hall–Kier alpha value is -2.00. The molecule has 0 aromatic heterocycles. The lowest BCUT2D eigenvalue weighted by Crippen LogP contribution is -2.11. The minimum absolute atomic E-state index is 0.0300. The molecule has 1 atom stereocenters. The average molecular weight is 313 g/mol. The summed E-state index contributed by atoms with van der Waals surface area (Å²) >= 11 is 0. The van der Waals surface area contributed by atoms with Gasteiger partial charge in [0.15, 0.2) is 11.5 Å². The second-order valence-corrected chi connectivity index (χ2v) is 6.26. The smallest absolute Gasteiger partial charge is 0.161 e. The molecule has 0 aliphatic carbocycles. The molecular formula is C20H27NO2. The lowest BCUT2D eigenvalue weighted by molar-refractivity contribution is 0.284.